The first-order chi connectivity index (χ1) is 9.13. The zero-order chi connectivity index (χ0) is 14.1. The van der Waals surface area contributed by atoms with Crippen LogP contribution in [0.3, 0.4) is 0 Å². The highest BCUT2D eigenvalue weighted by Crippen LogP contribution is 2.04. The fourth-order valence-corrected chi connectivity index (χ4v) is 1.40. The molecule has 2 amide bonds. The lowest BCUT2D eigenvalue weighted by atomic mass is 10.2. The molecule has 0 saturated carbocycles. The third-order valence-corrected chi connectivity index (χ3v) is 2.37. The number of pyridine rings is 1. The van der Waals surface area contributed by atoms with E-state index in [1.807, 2.05) is 0 Å². The van der Waals surface area contributed by atoms with Gasteiger partial charge in [-0.1, -0.05) is 6.92 Å². The third kappa shape index (κ3) is 5.85. The summed E-state index contributed by atoms with van der Waals surface area (Å²) in [5, 5.41) is 8.44. The summed E-state index contributed by atoms with van der Waals surface area (Å²) >= 11 is 0. The zero-order valence-electron chi connectivity index (χ0n) is 11.3. The standard InChI is InChI=1S/C13H20N4O2/c1-3-6-15-12-5-4-11(9-17-12)13(19)16-8-7-14-10(2)18/h4-5,9H,3,6-8H2,1-2H3,(H,14,18)(H,15,17)(H,16,19). The molecule has 0 aromatic carbocycles. The van der Waals surface area contributed by atoms with Crippen LogP contribution >= 0.6 is 0 Å². The van der Waals surface area contributed by atoms with Gasteiger partial charge in [0.1, 0.15) is 5.82 Å². The molecule has 19 heavy (non-hydrogen) atoms. The summed E-state index contributed by atoms with van der Waals surface area (Å²) in [7, 11) is 0. The smallest absolute Gasteiger partial charge is 0.252 e. The minimum atomic E-state index is -0.195. The van der Waals surface area contributed by atoms with Crippen LogP contribution in [-0.2, 0) is 4.79 Å². The molecule has 0 aliphatic heterocycles. The molecule has 1 heterocycles. The van der Waals surface area contributed by atoms with Crippen LogP contribution in [0.2, 0.25) is 0 Å². The monoisotopic (exact) mass is 264 g/mol. The Morgan fingerprint density at radius 2 is 1.89 bits per heavy atom. The van der Waals surface area contributed by atoms with Crippen molar-refractivity contribution < 1.29 is 9.59 Å². The third-order valence-electron chi connectivity index (χ3n) is 2.37. The Morgan fingerprint density at radius 3 is 2.47 bits per heavy atom. The number of anilines is 1. The van der Waals surface area contributed by atoms with Crippen molar-refractivity contribution in [1.29, 1.82) is 0 Å². The van der Waals surface area contributed by atoms with E-state index in [9.17, 15) is 9.59 Å². The molecular weight excluding hydrogens is 244 g/mol. The molecule has 0 radical (unpaired) electrons. The quantitative estimate of drug-likeness (QED) is 0.635. The Kier molecular flexibility index (Phi) is 6.35. The Labute approximate surface area is 113 Å². The van der Waals surface area contributed by atoms with Crippen molar-refractivity contribution >= 4 is 17.6 Å². The first-order valence-electron chi connectivity index (χ1n) is 6.36. The van der Waals surface area contributed by atoms with Crippen LogP contribution in [0.1, 0.15) is 30.6 Å². The second-order valence-electron chi connectivity index (χ2n) is 4.10. The van der Waals surface area contributed by atoms with Gasteiger partial charge in [0.2, 0.25) is 5.91 Å². The molecule has 6 nitrogen and oxygen atoms in total. The van der Waals surface area contributed by atoms with Crippen molar-refractivity contribution in [2.45, 2.75) is 20.3 Å². The molecule has 1 rings (SSSR count). The molecule has 0 unspecified atom stereocenters. The number of amides is 2. The molecule has 0 spiro atoms. The van der Waals surface area contributed by atoms with E-state index in [1.54, 1.807) is 12.1 Å². The van der Waals surface area contributed by atoms with E-state index >= 15 is 0 Å². The first kappa shape index (κ1) is 14.9. The van der Waals surface area contributed by atoms with Crippen molar-refractivity contribution in [3.05, 3.63) is 23.9 Å². The Hall–Kier alpha value is -2.11. The van der Waals surface area contributed by atoms with Crippen molar-refractivity contribution in [3.8, 4) is 0 Å². The Bertz CT molecular complexity index is 417. The van der Waals surface area contributed by atoms with Gasteiger partial charge < -0.3 is 16.0 Å². The molecule has 3 N–H and O–H groups in total. The van der Waals surface area contributed by atoms with Crippen LogP contribution < -0.4 is 16.0 Å². The minimum absolute atomic E-state index is 0.109. The van der Waals surface area contributed by atoms with Crippen LogP contribution in [-0.4, -0.2) is 36.4 Å². The van der Waals surface area contributed by atoms with Crippen LogP contribution in [0, 0.1) is 0 Å². The van der Waals surface area contributed by atoms with Crippen molar-refractivity contribution in [2.75, 3.05) is 25.0 Å². The highest BCUT2D eigenvalue weighted by molar-refractivity contribution is 5.94. The number of carbonyl (C=O) groups is 2. The van der Waals surface area contributed by atoms with E-state index < -0.39 is 0 Å². The van der Waals surface area contributed by atoms with E-state index in [-0.39, 0.29) is 11.8 Å². The van der Waals surface area contributed by atoms with Gasteiger partial charge in [-0.3, -0.25) is 9.59 Å². The Morgan fingerprint density at radius 1 is 1.16 bits per heavy atom. The fourth-order valence-electron chi connectivity index (χ4n) is 1.40. The maximum absolute atomic E-state index is 11.7. The summed E-state index contributed by atoms with van der Waals surface area (Å²) in [6.45, 7) is 5.19. The maximum Gasteiger partial charge on any atom is 0.252 e. The van der Waals surface area contributed by atoms with Crippen LogP contribution in [0.5, 0.6) is 0 Å². The van der Waals surface area contributed by atoms with Crippen molar-refractivity contribution in [2.24, 2.45) is 0 Å². The van der Waals surface area contributed by atoms with Gasteiger partial charge in [0.05, 0.1) is 5.56 Å². The molecule has 0 aliphatic carbocycles. The second-order valence-corrected chi connectivity index (χ2v) is 4.10. The molecule has 0 aliphatic rings. The number of carbonyl (C=O) groups excluding carboxylic acids is 2. The van der Waals surface area contributed by atoms with E-state index in [0.717, 1.165) is 18.8 Å². The molecule has 6 heteroatoms. The van der Waals surface area contributed by atoms with Gasteiger partial charge in [-0.15, -0.1) is 0 Å². The van der Waals surface area contributed by atoms with Gasteiger partial charge in [0.25, 0.3) is 5.91 Å². The largest absolute Gasteiger partial charge is 0.370 e. The average Bonchev–Trinajstić information content (AvgIpc) is 2.41. The number of hydrogen-bond acceptors (Lipinski definition) is 4. The summed E-state index contributed by atoms with van der Waals surface area (Å²) < 4.78 is 0. The van der Waals surface area contributed by atoms with Gasteiger partial charge in [-0.2, -0.15) is 0 Å². The number of rotatable bonds is 7. The fraction of sp³-hybridized carbons (Fsp3) is 0.462. The van der Waals surface area contributed by atoms with E-state index in [0.29, 0.717) is 18.7 Å². The number of nitrogens with zero attached hydrogens (tertiary/aromatic N) is 1. The normalized spacial score (nSPS) is 9.79. The summed E-state index contributed by atoms with van der Waals surface area (Å²) in [5.41, 5.74) is 0.505. The maximum atomic E-state index is 11.7. The molecule has 1 aromatic heterocycles. The molecule has 0 bridgehead atoms. The van der Waals surface area contributed by atoms with Gasteiger partial charge in [0, 0.05) is 32.8 Å². The van der Waals surface area contributed by atoms with Gasteiger partial charge in [-0.25, -0.2) is 4.98 Å². The highest BCUT2D eigenvalue weighted by Gasteiger charge is 2.05. The van der Waals surface area contributed by atoms with Crippen LogP contribution in [0.4, 0.5) is 5.82 Å². The molecule has 0 saturated heterocycles. The molecule has 0 atom stereocenters. The van der Waals surface area contributed by atoms with Crippen molar-refractivity contribution in [3.63, 3.8) is 0 Å². The predicted molar refractivity (Wildman–Crippen MR) is 74.0 cm³/mol. The number of hydrogen-bond donors (Lipinski definition) is 3. The molecule has 0 fully saturated rings. The molecule has 1 aromatic rings. The zero-order valence-corrected chi connectivity index (χ0v) is 11.3. The van der Waals surface area contributed by atoms with E-state index in [1.165, 1.54) is 13.1 Å². The summed E-state index contributed by atoms with van der Waals surface area (Å²) in [6, 6.07) is 3.50. The first-order valence-corrected chi connectivity index (χ1v) is 6.36. The van der Waals surface area contributed by atoms with E-state index in [4.69, 9.17) is 0 Å². The van der Waals surface area contributed by atoms with Crippen molar-refractivity contribution in [1.82, 2.24) is 15.6 Å². The summed E-state index contributed by atoms with van der Waals surface area (Å²) in [6.07, 6.45) is 2.55. The average molecular weight is 264 g/mol. The van der Waals surface area contributed by atoms with Gasteiger partial charge in [-0.05, 0) is 18.6 Å². The van der Waals surface area contributed by atoms with E-state index in [2.05, 4.69) is 27.9 Å². The topological polar surface area (TPSA) is 83.1 Å². The molecule has 104 valence electrons. The lowest BCUT2D eigenvalue weighted by Crippen LogP contribution is -2.33. The lowest BCUT2D eigenvalue weighted by Gasteiger charge is -2.07. The number of aromatic nitrogens is 1. The van der Waals surface area contributed by atoms with Crippen LogP contribution in [0.15, 0.2) is 18.3 Å². The second kappa shape index (κ2) is 8.07. The number of nitrogens with one attached hydrogen (secondary N) is 3. The van der Waals surface area contributed by atoms with Gasteiger partial charge in [0.15, 0.2) is 0 Å². The van der Waals surface area contributed by atoms with Gasteiger partial charge >= 0.3 is 0 Å². The SMILES string of the molecule is CCCNc1ccc(C(=O)NCCNC(C)=O)cn1. The highest BCUT2D eigenvalue weighted by atomic mass is 16.2. The minimum Gasteiger partial charge on any atom is -0.370 e. The lowest BCUT2D eigenvalue weighted by molar-refractivity contribution is -0.118. The predicted octanol–water partition coefficient (Wildman–Crippen LogP) is 0.769. The van der Waals surface area contributed by atoms with Crippen LogP contribution in [0.25, 0.3) is 0 Å². The Balaban J connectivity index is 2.37. The summed E-state index contributed by atoms with van der Waals surface area (Å²) in [5.74, 6) is 0.457. The summed E-state index contributed by atoms with van der Waals surface area (Å²) in [4.78, 5) is 26.5. The molecular formula is C13H20N4O2.